The molecule has 26 heavy (non-hydrogen) atoms. The molecule has 0 aliphatic carbocycles. The van der Waals surface area contributed by atoms with Gasteiger partial charge in [-0.15, -0.1) is 0 Å². The Kier molecular flexibility index (Phi) is 6.38. The van der Waals surface area contributed by atoms with Crippen LogP contribution in [0.2, 0.25) is 0 Å². The van der Waals surface area contributed by atoms with Crippen LogP contribution in [0.3, 0.4) is 0 Å². The molecule has 1 aromatic heterocycles. The highest BCUT2D eigenvalue weighted by Crippen LogP contribution is 2.21. The van der Waals surface area contributed by atoms with Gasteiger partial charge in [0.2, 0.25) is 10.0 Å². The van der Waals surface area contributed by atoms with E-state index in [0.29, 0.717) is 23.9 Å². The summed E-state index contributed by atoms with van der Waals surface area (Å²) in [7, 11) is 1.77. The van der Waals surface area contributed by atoms with Crippen LogP contribution in [0.15, 0.2) is 29.2 Å². The van der Waals surface area contributed by atoms with E-state index in [4.69, 9.17) is 4.74 Å². The molecule has 8 nitrogen and oxygen atoms in total. The molecule has 0 saturated carbocycles. The highest BCUT2D eigenvalue weighted by molar-refractivity contribution is 7.89. The van der Waals surface area contributed by atoms with Gasteiger partial charge in [0.1, 0.15) is 23.2 Å². The second-order valence-electron chi connectivity index (χ2n) is 6.01. The minimum Gasteiger partial charge on any atom is -0.496 e. The summed E-state index contributed by atoms with van der Waals surface area (Å²) in [5.74, 6) is 2.74. The van der Waals surface area contributed by atoms with Crippen LogP contribution in [0.5, 0.6) is 5.75 Å². The summed E-state index contributed by atoms with van der Waals surface area (Å²) < 4.78 is 32.5. The first-order chi connectivity index (χ1) is 12.2. The molecule has 2 aromatic rings. The molecule has 0 atom stereocenters. The van der Waals surface area contributed by atoms with Crippen LogP contribution in [-0.4, -0.2) is 52.7 Å². The summed E-state index contributed by atoms with van der Waals surface area (Å²) in [6.07, 6.45) is 0. The standard InChI is InChI=1S/C17H25N5O3S/c1-12-10-14(6-7-15(12)25-5)26(23,24)19-9-8-18-16-11-17(22(3)4)21-13(2)20-16/h6-7,10-11,19H,8-9H2,1-5H3,(H,18,20,21). The number of methoxy groups -OCH3 is 1. The van der Waals surface area contributed by atoms with Gasteiger partial charge in [0.05, 0.1) is 12.0 Å². The summed E-state index contributed by atoms with van der Waals surface area (Å²) in [6, 6.07) is 6.58. The Labute approximate surface area is 154 Å². The fourth-order valence-corrected chi connectivity index (χ4v) is 3.47. The van der Waals surface area contributed by atoms with E-state index in [1.165, 1.54) is 6.07 Å². The van der Waals surface area contributed by atoms with Gasteiger partial charge in [0, 0.05) is 33.3 Å². The van der Waals surface area contributed by atoms with Gasteiger partial charge in [-0.3, -0.25) is 0 Å². The van der Waals surface area contributed by atoms with Crippen LogP contribution in [-0.2, 0) is 10.0 Å². The molecular formula is C17H25N5O3S. The minimum atomic E-state index is -3.58. The lowest BCUT2D eigenvalue weighted by molar-refractivity contribution is 0.411. The lowest BCUT2D eigenvalue weighted by atomic mass is 10.2. The average molecular weight is 379 g/mol. The second-order valence-corrected chi connectivity index (χ2v) is 7.78. The zero-order valence-electron chi connectivity index (χ0n) is 15.7. The topological polar surface area (TPSA) is 96.5 Å². The molecule has 142 valence electrons. The summed E-state index contributed by atoms with van der Waals surface area (Å²) in [5.41, 5.74) is 0.765. The zero-order valence-corrected chi connectivity index (χ0v) is 16.5. The SMILES string of the molecule is COc1ccc(S(=O)(=O)NCCNc2cc(N(C)C)nc(C)n2)cc1C. The molecule has 0 unspecified atom stereocenters. The molecule has 2 rings (SSSR count). The van der Waals surface area contributed by atoms with Gasteiger partial charge < -0.3 is 15.0 Å². The first-order valence-electron chi connectivity index (χ1n) is 8.14. The Morgan fingerprint density at radius 1 is 1.12 bits per heavy atom. The molecule has 1 aromatic carbocycles. The van der Waals surface area contributed by atoms with Gasteiger partial charge in [-0.05, 0) is 37.6 Å². The van der Waals surface area contributed by atoms with Crippen LogP contribution in [0, 0.1) is 13.8 Å². The molecule has 0 radical (unpaired) electrons. The third-order valence-electron chi connectivity index (χ3n) is 3.68. The summed E-state index contributed by atoms with van der Waals surface area (Å²) >= 11 is 0. The largest absolute Gasteiger partial charge is 0.496 e. The van der Waals surface area contributed by atoms with Crippen molar-refractivity contribution in [2.24, 2.45) is 0 Å². The van der Waals surface area contributed by atoms with E-state index in [-0.39, 0.29) is 11.4 Å². The van der Waals surface area contributed by atoms with Gasteiger partial charge in [-0.25, -0.2) is 23.1 Å². The Hall–Kier alpha value is -2.39. The summed E-state index contributed by atoms with van der Waals surface area (Å²) in [4.78, 5) is 10.7. The van der Waals surface area contributed by atoms with Gasteiger partial charge in [0.15, 0.2) is 0 Å². The van der Waals surface area contributed by atoms with Gasteiger partial charge in [-0.1, -0.05) is 0 Å². The number of hydrogen-bond donors (Lipinski definition) is 2. The van der Waals surface area contributed by atoms with E-state index in [0.717, 1.165) is 11.4 Å². The zero-order chi connectivity index (χ0) is 19.3. The van der Waals surface area contributed by atoms with E-state index in [9.17, 15) is 8.42 Å². The Morgan fingerprint density at radius 3 is 2.46 bits per heavy atom. The fraction of sp³-hybridized carbons (Fsp3) is 0.412. The maximum absolute atomic E-state index is 12.4. The third kappa shape index (κ3) is 5.06. The Bertz CT molecular complexity index is 869. The first-order valence-corrected chi connectivity index (χ1v) is 9.62. The van der Waals surface area contributed by atoms with Crippen molar-refractivity contribution >= 4 is 21.7 Å². The van der Waals surface area contributed by atoms with Crippen LogP contribution in [0.25, 0.3) is 0 Å². The molecule has 0 saturated heterocycles. The number of sulfonamides is 1. The van der Waals surface area contributed by atoms with Crippen molar-refractivity contribution < 1.29 is 13.2 Å². The van der Waals surface area contributed by atoms with Crippen LogP contribution < -0.4 is 19.7 Å². The lowest BCUT2D eigenvalue weighted by Gasteiger charge is -2.14. The maximum Gasteiger partial charge on any atom is 0.240 e. The highest BCUT2D eigenvalue weighted by Gasteiger charge is 2.14. The van der Waals surface area contributed by atoms with Crippen molar-refractivity contribution in [3.8, 4) is 5.75 Å². The van der Waals surface area contributed by atoms with Gasteiger partial charge >= 0.3 is 0 Å². The van der Waals surface area contributed by atoms with E-state index < -0.39 is 10.0 Å². The van der Waals surface area contributed by atoms with Crippen molar-refractivity contribution in [1.29, 1.82) is 0 Å². The van der Waals surface area contributed by atoms with E-state index in [1.807, 2.05) is 32.0 Å². The van der Waals surface area contributed by atoms with Gasteiger partial charge in [-0.2, -0.15) is 0 Å². The van der Waals surface area contributed by atoms with Crippen molar-refractivity contribution in [3.05, 3.63) is 35.7 Å². The number of ether oxygens (including phenoxy) is 1. The first kappa shape index (κ1) is 19.9. The highest BCUT2D eigenvalue weighted by atomic mass is 32.2. The summed E-state index contributed by atoms with van der Waals surface area (Å²) in [6.45, 7) is 4.25. The number of aryl methyl sites for hydroxylation is 2. The van der Waals surface area contributed by atoms with E-state index in [1.54, 1.807) is 26.2 Å². The molecule has 9 heteroatoms. The van der Waals surface area contributed by atoms with E-state index >= 15 is 0 Å². The molecule has 2 N–H and O–H groups in total. The molecule has 0 spiro atoms. The monoisotopic (exact) mass is 379 g/mol. The number of nitrogens with zero attached hydrogens (tertiary/aromatic N) is 3. The van der Waals surface area contributed by atoms with E-state index in [2.05, 4.69) is 20.0 Å². The van der Waals surface area contributed by atoms with Crippen LogP contribution in [0.4, 0.5) is 11.6 Å². The number of benzene rings is 1. The molecule has 0 amide bonds. The number of anilines is 2. The van der Waals surface area contributed by atoms with Crippen molar-refractivity contribution in [1.82, 2.24) is 14.7 Å². The molecule has 0 bridgehead atoms. The minimum absolute atomic E-state index is 0.212. The molecule has 0 aliphatic rings. The predicted octanol–water partition coefficient (Wildman–Crippen LogP) is 1.56. The molecule has 0 fully saturated rings. The van der Waals surface area contributed by atoms with Crippen molar-refractivity contribution in [2.45, 2.75) is 18.7 Å². The number of rotatable bonds is 8. The Balaban J connectivity index is 1.96. The van der Waals surface area contributed by atoms with Crippen LogP contribution in [0.1, 0.15) is 11.4 Å². The van der Waals surface area contributed by atoms with Gasteiger partial charge in [0.25, 0.3) is 0 Å². The number of aromatic nitrogens is 2. The maximum atomic E-state index is 12.4. The molecule has 0 aliphatic heterocycles. The summed E-state index contributed by atoms with van der Waals surface area (Å²) in [5, 5.41) is 3.11. The number of hydrogen-bond acceptors (Lipinski definition) is 7. The molecule has 1 heterocycles. The average Bonchev–Trinajstić information content (AvgIpc) is 2.58. The van der Waals surface area contributed by atoms with Crippen LogP contribution >= 0.6 is 0 Å². The second kappa shape index (κ2) is 8.33. The molecular weight excluding hydrogens is 354 g/mol. The smallest absolute Gasteiger partial charge is 0.240 e. The normalized spacial score (nSPS) is 11.3. The Morgan fingerprint density at radius 2 is 1.85 bits per heavy atom. The lowest BCUT2D eigenvalue weighted by Crippen LogP contribution is -2.29. The number of nitrogens with one attached hydrogen (secondary N) is 2. The quantitative estimate of drug-likeness (QED) is 0.672. The van der Waals surface area contributed by atoms with Crippen molar-refractivity contribution in [3.63, 3.8) is 0 Å². The van der Waals surface area contributed by atoms with Crippen molar-refractivity contribution in [2.75, 3.05) is 44.5 Å². The predicted molar refractivity (Wildman–Crippen MR) is 103 cm³/mol. The fourth-order valence-electron chi connectivity index (χ4n) is 2.35. The third-order valence-corrected chi connectivity index (χ3v) is 5.14.